The molecule has 2 unspecified atom stereocenters. The zero-order valence-electron chi connectivity index (χ0n) is 45.6. The molecule has 0 aromatic heterocycles. The standard InChI is InChI=1S/C55H74N6O16S3/c1-54(2)41-37-39(79(71,72)73)25-27-44(41)59-34-17-7-11-23-49(63)58-43(53(67)57-33-15-6-12-24-52(66)77-61-50(64)29-30-51(61)65)19-13-16-32-56-48(62)22-10-5-14-31-55(3)42-38-40(80(74,75)76)26-28-45(42)60(35-18-36-78(68,69)70)47(55)21-9-4-8-20-46(54)59/h4,8-9,20-21,25-28,37-38,43H,5-7,10-19,22-24,29-36H2,1-3H3,(H5-,56,57,58,62,63,67,68,69,70,71,72,73,74,75,76). The second kappa shape index (κ2) is 27.6. The highest BCUT2D eigenvalue weighted by Gasteiger charge is 2.46. The summed E-state index contributed by atoms with van der Waals surface area (Å²) in [4.78, 5) is 81.8. The van der Waals surface area contributed by atoms with Crippen molar-refractivity contribution in [1.82, 2.24) is 21.0 Å². The maximum absolute atomic E-state index is 13.5. The third-order valence-corrected chi connectivity index (χ3v) is 17.5. The summed E-state index contributed by atoms with van der Waals surface area (Å²) in [5.74, 6) is -3.24. The number of benzene rings is 2. The number of nitrogens with one attached hydrogen (secondary N) is 3. The Bertz CT molecular complexity index is 3140. The van der Waals surface area contributed by atoms with Crippen LogP contribution in [0.2, 0.25) is 0 Å². The second-order valence-corrected chi connectivity index (χ2v) is 25.7. The van der Waals surface area contributed by atoms with Crippen molar-refractivity contribution in [1.29, 1.82) is 0 Å². The number of rotatable bonds is 14. The predicted molar refractivity (Wildman–Crippen MR) is 295 cm³/mol. The number of hydrogen-bond acceptors (Lipinski definition) is 15. The van der Waals surface area contributed by atoms with E-state index in [1.54, 1.807) is 30.4 Å². The lowest BCUT2D eigenvalue weighted by molar-refractivity contribution is -0.438. The van der Waals surface area contributed by atoms with Crippen LogP contribution in [0.5, 0.6) is 0 Å². The van der Waals surface area contributed by atoms with Crippen LogP contribution >= 0.6 is 0 Å². The lowest BCUT2D eigenvalue weighted by Gasteiger charge is -2.30. The minimum absolute atomic E-state index is 0.00775. The zero-order valence-corrected chi connectivity index (χ0v) is 48.0. The second-order valence-electron chi connectivity index (χ2n) is 21.4. The molecular formula is C55H74N6O16S3. The minimum atomic E-state index is -4.79. The fraction of sp³-hybridized carbons (Fsp3) is 0.545. The first-order valence-electron chi connectivity index (χ1n) is 27.3. The molecular weight excluding hydrogens is 1100 g/mol. The molecule has 4 aliphatic heterocycles. The van der Waals surface area contributed by atoms with E-state index in [-0.39, 0.29) is 85.5 Å². The maximum atomic E-state index is 13.5. The monoisotopic (exact) mass is 1170 g/mol. The molecule has 5 N–H and O–H groups in total. The van der Waals surface area contributed by atoms with Gasteiger partial charge < -0.3 is 30.2 Å². The molecule has 6 rings (SSSR count). The highest BCUT2D eigenvalue weighted by atomic mass is 32.2. The number of hydroxylamine groups is 2. The van der Waals surface area contributed by atoms with E-state index in [0.29, 0.717) is 123 Å². The van der Waals surface area contributed by atoms with Gasteiger partial charge in [-0.1, -0.05) is 37.5 Å². The van der Waals surface area contributed by atoms with Crippen LogP contribution in [0.15, 0.2) is 82.3 Å². The summed E-state index contributed by atoms with van der Waals surface area (Å²) < 4.78 is 107. The first-order valence-corrected chi connectivity index (χ1v) is 31.7. The van der Waals surface area contributed by atoms with Crippen LogP contribution in [0.4, 0.5) is 11.4 Å². The van der Waals surface area contributed by atoms with E-state index >= 15 is 0 Å². The van der Waals surface area contributed by atoms with Crippen molar-refractivity contribution in [2.45, 2.75) is 169 Å². The topological polar surface area (TPSA) is 323 Å². The Hall–Kier alpha value is -6.12. The molecule has 80 heavy (non-hydrogen) atoms. The quantitative estimate of drug-likeness (QED) is 0.0641. The van der Waals surface area contributed by atoms with Crippen molar-refractivity contribution in [3.05, 3.63) is 83.6 Å². The molecule has 0 radical (unpaired) electrons. The number of fused-ring (bicyclic) bond motifs is 5. The van der Waals surface area contributed by atoms with Crippen LogP contribution in [0.3, 0.4) is 0 Å². The molecule has 25 heteroatoms. The Labute approximate surface area is 468 Å². The summed E-state index contributed by atoms with van der Waals surface area (Å²) in [6.45, 7) is 6.94. The van der Waals surface area contributed by atoms with Crippen LogP contribution < -0.4 is 20.9 Å². The Balaban J connectivity index is 1.21. The van der Waals surface area contributed by atoms with Crippen LogP contribution in [0, 0.1) is 0 Å². The zero-order chi connectivity index (χ0) is 58.5. The van der Waals surface area contributed by atoms with Gasteiger partial charge in [-0.15, -0.1) is 5.06 Å². The summed E-state index contributed by atoms with van der Waals surface area (Å²) in [6, 6.07) is 7.67. The van der Waals surface area contributed by atoms with Gasteiger partial charge in [0.15, 0.2) is 5.71 Å². The van der Waals surface area contributed by atoms with E-state index in [9.17, 15) is 67.7 Å². The Kier molecular flexibility index (Phi) is 21.7. The van der Waals surface area contributed by atoms with Gasteiger partial charge in [-0.3, -0.25) is 33.1 Å². The number of imide groups is 1. The first-order chi connectivity index (χ1) is 37.7. The molecule has 0 bridgehead atoms. The summed E-state index contributed by atoms with van der Waals surface area (Å²) in [5.41, 5.74) is 2.30. The van der Waals surface area contributed by atoms with Crippen LogP contribution in [0.1, 0.15) is 154 Å². The third kappa shape index (κ3) is 17.0. The summed E-state index contributed by atoms with van der Waals surface area (Å²) >= 11 is 0. The number of hydrogen-bond donors (Lipinski definition) is 5. The van der Waals surface area contributed by atoms with Crippen molar-refractivity contribution in [2.24, 2.45) is 0 Å². The van der Waals surface area contributed by atoms with Gasteiger partial charge in [0.2, 0.25) is 23.4 Å². The summed E-state index contributed by atoms with van der Waals surface area (Å²) in [5, 5.41) is 9.20. The molecule has 0 aliphatic carbocycles. The molecule has 0 saturated carbocycles. The largest absolute Gasteiger partial charge is 0.744 e. The number of carbonyl (C=O) groups excluding carboxylic acids is 6. The molecule has 0 spiro atoms. The molecule has 2 atom stereocenters. The number of allylic oxidation sites excluding steroid dienone is 6. The number of anilines is 1. The lowest BCUT2D eigenvalue weighted by Crippen LogP contribution is -2.47. The fourth-order valence-electron chi connectivity index (χ4n) is 10.7. The Morgan fingerprint density at radius 3 is 2.16 bits per heavy atom. The Morgan fingerprint density at radius 1 is 0.775 bits per heavy atom. The van der Waals surface area contributed by atoms with Gasteiger partial charge >= 0.3 is 5.97 Å². The first kappa shape index (κ1) is 63.1. The number of nitrogens with zero attached hydrogens (tertiary/aromatic N) is 3. The minimum Gasteiger partial charge on any atom is -0.744 e. The van der Waals surface area contributed by atoms with E-state index in [2.05, 4.69) is 20.5 Å². The van der Waals surface area contributed by atoms with Gasteiger partial charge in [-0.2, -0.15) is 21.4 Å². The van der Waals surface area contributed by atoms with Gasteiger partial charge in [0.25, 0.3) is 32.1 Å². The number of unbranched alkanes of at least 4 members (excludes halogenated alkanes) is 2. The summed E-state index contributed by atoms with van der Waals surface area (Å²) in [7, 11) is -13.7. The molecule has 4 aliphatic rings. The van der Waals surface area contributed by atoms with E-state index in [1.165, 1.54) is 24.3 Å². The molecule has 1 saturated heterocycles. The fourth-order valence-corrected chi connectivity index (χ4v) is 12.2. The van der Waals surface area contributed by atoms with Crippen molar-refractivity contribution in [3.63, 3.8) is 0 Å². The smallest absolute Gasteiger partial charge is 0.333 e. The average molecular weight is 1170 g/mol. The van der Waals surface area contributed by atoms with Crippen molar-refractivity contribution in [3.8, 4) is 0 Å². The van der Waals surface area contributed by atoms with E-state index in [0.717, 1.165) is 5.71 Å². The normalized spacial score (nSPS) is 22.8. The van der Waals surface area contributed by atoms with E-state index in [4.69, 9.17) is 4.84 Å². The highest BCUT2D eigenvalue weighted by molar-refractivity contribution is 7.86. The van der Waals surface area contributed by atoms with Crippen LogP contribution in [0.25, 0.3) is 0 Å². The van der Waals surface area contributed by atoms with Gasteiger partial charge in [-0.25, -0.2) is 13.2 Å². The predicted octanol–water partition coefficient (Wildman–Crippen LogP) is 5.85. The van der Waals surface area contributed by atoms with Crippen molar-refractivity contribution < 1.29 is 77.1 Å². The third-order valence-electron chi connectivity index (χ3n) is 15.0. The van der Waals surface area contributed by atoms with Crippen molar-refractivity contribution in [2.75, 3.05) is 36.8 Å². The van der Waals surface area contributed by atoms with Gasteiger partial charge in [0, 0.05) is 92.7 Å². The molecule has 22 nitrogen and oxygen atoms in total. The number of amides is 5. The lowest BCUT2D eigenvalue weighted by atomic mass is 9.77. The molecule has 2 aromatic carbocycles. The van der Waals surface area contributed by atoms with Gasteiger partial charge in [0.1, 0.15) is 22.7 Å². The molecule has 1 fully saturated rings. The van der Waals surface area contributed by atoms with E-state index < -0.39 is 70.8 Å². The van der Waals surface area contributed by atoms with E-state index in [1.807, 2.05) is 37.8 Å². The molecule has 438 valence electrons. The molecule has 5 amide bonds. The van der Waals surface area contributed by atoms with Crippen LogP contribution in [-0.4, -0.2) is 128 Å². The summed E-state index contributed by atoms with van der Waals surface area (Å²) in [6.07, 6.45) is 15.9. The van der Waals surface area contributed by atoms with Gasteiger partial charge in [0.05, 0.1) is 21.0 Å². The number of carbonyl (C=O) groups is 6. The molecule has 2 aromatic rings. The highest BCUT2D eigenvalue weighted by Crippen LogP contribution is 2.51. The van der Waals surface area contributed by atoms with Crippen molar-refractivity contribution >= 4 is 82.9 Å². The average Bonchev–Trinajstić information content (AvgIpc) is 3.90. The SMILES string of the molecule is CC1(C)C2=[N+](CCCCCC(=O)NC(C(=O)NCCCCCC(=O)ON3C(=O)CCC3=O)CCCCNC(=O)CCCCCC3(C)/C(=C/C=C/C=C/2)N(CCCS(=O)(=O)O)c2ccc(S(=O)(=O)O)cc23)c2ccc(S(=O)(=O)[O-])cc21. The van der Waals surface area contributed by atoms with Gasteiger partial charge in [-0.05, 0) is 127 Å². The maximum Gasteiger partial charge on any atom is 0.333 e. The molecule has 4 heterocycles. The Morgan fingerprint density at radius 2 is 1.46 bits per heavy atom. The van der Waals surface area contributed by atoms with Crippen LogP contribution in [-0.2, 0) is 74.8 Å².